The number of nitrogens with zero attached hydrogens (tertiary/aromatic N) is 1. The maximum Gasteiger partial charge on any atom is 0.321 e. The molecule has 5 nitrogen and oxygen atoms in total. The molecular weight excluding hydrogens is 184 g/mol. The minimum absolute atomic E-state index is 0.109. The predicted octanol–water partition coefficient (Wildman–Crippen LogP) is -0.0937. The van der Waals surface area contributed by atoms with Crippen LogP contribution in [-0.2, 0) is 0 Å². The first-order valence-electron chi connectivity index (χ1n) is 4.52. The van der Waals surface area contributed by atoms with Crippen LogP contribution in [0.3, 0.4) is 0 Å². The summed E-state index contributed by atoms with van der Waals surface area (Å²) in [6.07, 6.45) is 1.59. The van der Waals surface area contributed by atoms with Crippen LogP contribution in [0.5, 0.6) is 0 Å². The summed E-state index contributed by atoms with van der Waals surface area (Å²) in [5.74, 6) is 0. The molecule has 0 saturated heterocycles. The third-order valence-corrected chi connectivity index (χ3v) is 1.51. The Hall–Kier alpha value is -1.07. The molecule has 0 aliphatic heterocycles. The molecule has 0 aromatic carbocycles. The monoisotopic (exact) mass is 202 g/mol. The van der Waals surface area contributed by atoms with E-state index in [2.05, 4.69) is 5.32 Å². The van der Waals surface area contributed by atoms with E-state index in [0.29, 0.717) is 0 Å². The van der Waals surface area contributed by atoms with Gasteiger partial charge in [-0.1, -0.05) is 5.57 Å². The van der Waals surface area contributed by atoms with Crippen molar-refractivity contribution in [2.75, 3.05) is 26.3 Å². The molecule has 2 amide bonds. The van der Waals surface area contributed by atoms with Crippen LogP contribution in [-0.4, -0.2) is 47.4 Å². The van der Waals surface area contributed by atoms with E-state index in [4.69, 9.17) is 10.2 Å². The highest BCUT2D eigenvalue weighted by Crippen LogP contribution is 1.90. The molecule has 0 fully saturated rings. The average Bonchev–Trinajstić information content (AvgIpc) is 2.14. The second kappa shape index (κ2) is 7.34. The predicted molar refractivity (Wildman–Crippen MR) is 53.7 cm³/mol. The average molecular weight is 202 g/mol. The molecule has 3 N–H and O–H groups in total. The Labute approximate surface area is 84.0 Å². The van der Waals surface area contributed by atoms with Gasteiger partial charge in [-0.2, -0.15) is 0 Å². The van der Waals surface area contributed by atoms with Crippen molar-refractivity contribution in [2.45, 2.75) is 13.8 Å². The molecule has 0 aliphatic rings. The van der Waals surface area contributed by atoms with Gasteiger partial charge in [-0.05, 0) is 13.8 Å². The Balaban J connectivity index is 4.07. The summed E-state index contributed by atoms with van der Waals surface area (Å²) in [7, 11) is 0. The van der Waals surface area contributed by atoms with Crippen molar-refractivity contribution in [3.8, 4) is 0 Å². The number of carbonyl (C=O) groups is 1. The Morgan fingerprint density at radius 2 is 1.79 bits per heavy atom. The van der Waals surface area contributed by atoms with Crippen LogP contribution in [0.15, 0.2) is 11.8 Å². The van der Waals surface area contributed by atoms with E-state index in [-0.39, 0.29) is 32.3 Å². The molecule has 82 valence electrons. The van der Waals surface area contributed by atoms with Crippen LogP contribution in [0.25, 0.3) is 0 Å². The Kier molecular flexibility index (Phi) is 6.78. The fourth-order valence-corrected chi connectivity index (χ4v) is 0.854. The summed E-state index contributed by atoms with van der Waals surface area (Å²) in [5.41, 5.74) is 0.978. The SMILES string of the molecule is CC(C)=CNC(=O)N(CCO)CCO. The van der Waals surface area contributed by atoms with Crippen molar-refractivity contribution in [1.29, 1.82) is 0 Å². The van der Waals surface area contributed by atoms with Gasteiger partial charge in [0, 0.05) is 19.3 Å². The van der Waals surface area contributed by atoms with Crippen molar-refractivity contribution >= 4 is 6.03 Å². The smallest absolute Gasteiger partial charge is 0.321 e. The van der Waals surface area contributed by atoms with Gasteiger partial charge in [0.2, 0.25) is 0 Å². The second-order valence-electron chi connectivity index (χ2n) is 3.11. The van der Waals surface area contributed by atoms with Crippen molar-refractivity contribution in [2.24, 2.45) is 0 Å². The van der Waals surface area contributed by atoms with Gasteiger partial charge in [0.15, 0.2) is 0 Å². The van der Waals surface area contributed by atoms with E-state index >= 15 is 0 Å². The number of aliphatic hydroxyl groups is 2. The van der Waals surface area contributed by atoms with Gasteiger partial charge < -0.3 is 20.4 Å². The van der Waals surface area contributed by atoms with E-state index in [1.807, 2.05) is 13.8 Å². The Morgan fingerprint density at radius 3 is 2.14 bits per heavy atom. The van der Waals surface area contributed by atoms with Crippen molar-refractivity contribution < 1.29 is 15.0 Å². The molecule has 0 spiro atoms. The van der Waals surface area contributed by atoms with E-state index in [1.165, 1.54) is 4.90 Å². The van der Waals surface area contributed by atoms with Crippen LogP contribution in [0, 0.1) is 0 Å². The summed E-state index contributed by atoms with van der Waals surface area (Å²) in [6.45, 7) is 3.96. The first kappa shape index (κ1) is 12.9. The standard InChI is InChI=1S/C9H18N2O3/c1-8(2)7-10-9(14)11(3-5-12)4-6-13/h7,12-13H,3-6H2,1-2H3,(H,10,14). The summed E-state index contributed by atoms with van der Waals surface area (Å²) in [6, 6.07) is -0.311. The third kappa shape index (κ3) is 5.55. The number of aliphatic hydroxyl groups excluding tert-OH is 2. The van der Waals surface area contributed by atoms with Gasteiger partial charge in [-0.25, -0.2) is 4.79 Å². The highest BCUT2D eigenvalue weighted by Gasteiger charge is 2.09. The molecule has 0 aliphatic carbocycles. The lowest BCUT2D eigenvalue weighted by Gasteiger charge is -2.19. The Morgan fingerprint density at radius 1 is 1.29 bits per heavy atom. The quantitative estimate of drug-likeness (QED) is 0.583. The molecule has 0 rings (SSSR count). The van der Waals surface area contributed by atoms with Crippen molar-refractivity contribution in [3.63, 3.8) is 0 Å². The summed E-state index contributed by atoms with van der Waals surface area (Å²) in [5, 5.41) is 19.9. The lowest BCUT2D eigenvalue weighted by molar-refractivity contribution is 0.161. The van der Waals surface area contributed by atoms with Crippen LogP contribution in [0.1, 0.15) is 13.8 Å². The van der Waals surface area contributed by atoms with Gasteiger partial charge >= 0.3 is 6.03 Å². The second-order valence-corrected chi connectivity index (χ2v) is 3.11. The number of amides is 2. The van der Waals surface area contributed by atoms with Crippen molar-refractivity contribution in [1.82, 2.24) is 10.2 Å². The molecule has 0 atom stereocenters. The molecule has 0 unspecified atom stereocenters. The van der Waals surface area contributed by atoms with E-state index in [9.17, 15) is 4.79 Å². The molecule has 0 radical (unpaired) electrons. The third-order valence-electron chi connectivity index (χ3n) is 1.51. The molecule has 0 heterocycles. The molecule has 0 aromatic heterocycles. The van der Waals surface area contributed by atoms with Crippen LogP contribution >= 0.6 is 0 Å². The Bertz CT molecular complexity index is 194. The summed E-state index contributed by atoms with van der Waals surface area (Å²) < 4.78 is 0. The number of hydrogen-bond donors (Lipinski definition) is 3. The topological polar surface area (TPSA) is 72.8 Å². The maximum atomic E-state index is 11.4. The summed E-state index contributed by atoms with van der Waals surface area (Å²) in [4.78, 5) is 12.7. The van der Waals surface area contributed by atoms with Crippen LogP contribution in [0.4, 0.5) is 4.79 Å². The largest absolute Gasteiger partial charge is 0.395 e. The first-order valence-corrected chi connectivity index (χ1v) is 4.52. The number of rotatable bonds is 5. The number of carbonyl (C=O) groups excluding carboxylic acids is 1. The van der Waals surface area contributed by atoms with E-state index < -0.39 is 0 Å². The first-order chi connectivity index (χ1) is 6.61. The van der Waals surface area contributed by atoms with Gasteiger partial charge in [-0.3, -0.25) is 0 Å². The minimum Gasteiger partial charge on any atom is -0.395 e. The molecule has 0 saturated carbocycles. The zero-order chi connectivity index (χ0) is 11.0. The minimum atomic E-state index is -0.311. The van der Waals surface area contributed by atoms with Gasteiger partial charge in [-0.15, -0.1) is 0 Å². The van der Waals surface area contributed by atoms with Crippen LogP contribution in [0.2, 0.25) is 0 Å². The highest BCUT2D eigenvalue weighted by atomic mass is 16.3. The molecule has 5 heteroatoms. The van der Waals surface area contributed by atoms with Gasteiger partial charge in [0.1, 0.15) is 0 Å². The maximum absolute atomic E-state index is 11.4. The van der Waals surface area contributed by atoms with Crippen molar-refractivity contribution in [3.05, 3.63) is 11.8 Å². The molecule has 0 bridgehead atoms. The molecule has 0 aromatic rings. The summed E-state index contributed by atoms with van der Waals surface area (Å²) >= 11 is 0. The zero-order valence-electron chi connectivity index (χ0n) is 8.66. The lowest BCUT2D eigenvalue weighted by atomic mass is 10.4. The van der Waals surface area contributed by atoms with E-state index in [0.717, 1.165) is 5.57 Å². The fourth-order valence-electron chi connectivity index (χ4n) is 0.854. The fraction of sp³-hybridized carbons (Fsp3) is 0.667. The highest BCUT2D eigenvalue weighted by molar-refractivity contribution is 5.75. The zero-order valence-corrected chi connectivity index (χ0v) is 8.66. The number of allylic oxidation sites excluding steroid dienone is 1. The van der Waals surface area contributed by atoms with Gasteiger partial charge in [0.25, 0.3) is 0 Å². The lowest BCUT2D eigenvalue weighted by Crippen LogP contribution is -2.41. The number of nitrogens with one attached hydrogen (secondary N) is 1. The normalized spacial score (nSPS) is 9.43. The number of urea groups is 1. The van der Waals surface area contributed by atoms with Crippen LogP contribution < -0.4 is 5.32 Å². The van der Waals surface area contributed by atoms with Gasteiger partial charge in [0.05, 0.1) is 13.2 Å². The molecular formula is C9H18N2O3. The van der Waals surface area contributed by atoms with E-state index in [1.54, 1.807) is 6.20 Å². The number of hydrogen-bond acceptors (Lipinski definition) is 3. The molecule has 14 heavy (non-hydrogen) atoms.